The fraction of sp³-hybridized carbons (Fsp3) is 0.389. The lowest BCUT2D eigenvalue weighted by atomic mass is 9.84. The Hall–Kier alpha value is -1.87. The normalized spacial score (nSPS) is 31.6. The largest absolute Gasteiger partial charge is 0.387 e. The van der Waals surface area contributed by atoms with Crippen molar-refractivity contribution in [3.63, 3.8) is 0 Å². The number of β-amino-alcohol motifs (C(OH)–C–C–N with tert-alkyl or cyclic N) is 1. The Bertz CT molecular complexity index is 566. The van der Waals surface area contributed by atoms with Crippen LogP contribution in [0.2, 0.25) is 0 Å². The molecule has 1 aromatic rings. The highest BCUT2D eigenvalue weighted by Gasteiger charge is 2.48. The van der Waals surface area contributed by atoms with Crippen LogP contribution in [0.25, 0.3) is 0 Å². The van der Waals surface area contributed by atoms with Crippen molar-refractivity contribution >= 4 is 5.91 Å². The standard InChI is InChI=1S/C18H21NO2/c1-2-15-10-11-16-9-6-12-19(13-18(15,16)21)17(20)14-7-4-3-5-8-14/h2-9,15-16,21H,1,10-13H2/t15-,16-,18-/m1/s1. The lowest BCUT2D eigenvalue weighted by Crippen LogP contribution is -2.49. The van der Waals surface area contributed by atoms with E-state index >= 15 is 0 Å². The van der Waals surface area contributed by atoms with Gasteiger partial charge in [0.15, 0.2) is 0 Å². The van der Waals surface area contributed by atoms with Crippen molar-refractivity contribution in [2.75, 3.05) is 13.1 Å². The first-order valence-corrected chi connectivity index (χ1v) is 7.51. The molecule has 1 aromatic carbocycles. The summed E-state index contributed by atoms with van der Waals surface area (Å²) in [5.74, 6) is 0.148. The molecule has 3 heteroatoms. The topological polar surface area (TPSA) is 40.5 Å². The van der Waals surface area contributed by atoms with Gasteiger partial charge in [0.25, 0.3) is 5.91 Å². The third kappa shape index (κ3) is 2.42. The molecular weight excluding hydrogens is 262 g/mol. The average molecular weight is 283 g/mol. The summed E-state index contributed by atoms with van der Waals surface area (Å²) in [6.45, 7) is 4.77. The van der Waals surface area contributed by atoms with Crippen molar-refractivity contribution in [2.45, 2.75) is 18.4 Å². The Labute approximate surface area is 125 Å². The summed E-state index contributed by atoms with van der Waals surface area (Å²) in [6, 6.07) is 9.25. The van der Waals surface area contributed by atoms with E-state index in [1.165, 1.54) is 0 Å². The minimum Gasteiger partial charge on any atom is -0.387 e. The zero-order valence-corrected chi connectivity index (χ0v) is 12.1. The van der Waals surface area contributed by atoms with Crippen LogP contribution < -0.4 is 0 Å². The van der Waals surface area contributed by atoms with Gasteiger partial charge < -0.3 is 10.0 Å². The van der Waals surface area contributed by atoms with Crippen molar-refractivity contribution in [1.82, 2.24) is 4.90 Å². The van der Waals surface area contributed by atoms with Crippen LogP contribution >= 0.6 is 0 Å². The van der Waals surface area contributed by atoms with Crippen LogP contribution in [0, 0.1) is 11.8 Å². The SMILES string of the molecule is C=C[C@@H]1CC[C@H]2C=CCN(C(=O)c3ccccc3)C[C@@]12O. The zero-order valence-electron chi connectivity index (χ0n) is 12.1. The Morgan fingerprint density at radius 1 is 1.33 bits per heavy atom. The van der Waals surface area contributed by atoms with Crippen LogP contribution in [0.3, 0.4) is 0 Å². The van der Waals surface area contributed by atoms with Crippen molar-refractivity contribution in [3.8, 4) is 0 Å². The van der Waals surface area contributed by atoms with Crippen molar-refractivity contribution < 1.29 is 9.90 Å². The summed E-state index contributed by atoms with van der Waals surface area (Å²) in [7, 11) is 0. The van der Waals surface area contributed by atoms with Gasteiger partial charge in [-0.2, -0.15) is 0 Å². The van der Waals surface area contributed by atoms with Crippen molar-refractivity contribution in [1.29, 1.82) is 0 Å². The lowest BCUT2D eigenvalue weighted by molar-refractivity contribution is -0.0272. The molecule has 3 rings (SSSR count). The number of hydrogen-bond donors (Lipinski definition) is 1. The van der Waals surface area contributed by atoms with Gasteiger partial charge in [0.05, 0.1) is 12.1 Å². The van der Waals surface area contributed by atoms with Gasteiger partial charge in [-0.25, -0.2) is 0 Å². The van der Waals surface area contributed by atoms with Crippen molar-refractivity contribution in [2.24, 2.45) is 11.8 Å². The molecule has 1 N–H and O–H groups in total. The van der Waals surface area contributed by atoms with Crippen LogP contribution in [0.5, 0.6) is 0 Å². The number of benzene rings is 1. The molecule has 1 heterocycles. The molecule has 2 aliphatic rings. The second-order valence-electron chi connectivity index (χ2n) is 6.00. The van der Waals surface area contributed by atoms with Crippen LogP contribution in [-0.4, -0.2) is 34.6 Å². The van der Waals surface area contributed by atoms with Gasteiger partial charge in [-0.05, 0) is 25.0 Å². The summed E-state index contributed by atoms with van der Waals surface area (Å²) < 4.78 is 0. The predicted molar refractivity (Wildman–Crippen MR) is 82.8 cm³/mol. The smallest absolute Gasteiger partial charge is 0.254 e. The molecule has 0 saturated heterocycles. The highest BCUT2D eigenvalue weighted by molar-refractivity contribution is 5.94. The molecule has 3 nitrogen and oxygen atoms in total. The van der Waals surface area contributed by atoms with E-state index in [2.05, 4.69) is 12.7 Å². The average Bonchev–Trinajstić information content (AvgIpc) is 2.72. The van der Waals surface area contributed by atoms with E-state index in [1.807, 2.05) is 42.5 Å². The minimum absolute atomic E-state index is 0.0240. The number of nitrogens with zero attached hydrogens (tertiary/aromatic N) is 1. The van der Waals surface area contributed by atoms with Crippen LogP contribution in [0.15, 0.2) is 55.1 Å². The van der Waals surface area contributed by atoms with Crippen molar-refractivity contribution in [3.05, 3.63) is 60.7 Å². The number of aliphatic hydroxyl groups is 1. The molecule has 21 heavy (non-hydrogen) atoms. The van der Waals surface area contributed by atoms with Gasteiger partial charge in [0, 0.05) is 23.9 Å². The highest BCUT2D eigenvalue weighted by atomic mass is 16.3. The van der Waals surface area contributed by atoms with Gasteiger partial charge in [-0.1, -0.05) is 36.4 Å². The summed E-state index contributed by atoms with van der Waals surface area (Å²) in [4.78, 5) is 14.4. The number of carbonyl (C=O) groups is 1. The van der Waals surface area contributed by atoms with Gasteiger partial charge in [0.2, 0.25) is 0 Å². The molecule has 0 radical (unpaired) electrons. The van der Waals surface area contributed by atoms with Gasteiger partial charge in [0.1, 0.15) is 0 Å². The van der Waals surface area contributed by atoms with E-state index in [4.69, 9.17) is 0 Å². The number of hydrogen-bond acceptors (Lipinski definition) is 2. The summed E-state index contributed by atoms with van der Waals surface area (Å²) >= 11 is 0. The van der Waals surface area contributed by atoms with E-state index in [-0.39, 0.29) is 17.7 Å². The molecule has 3 atom stereocenters. The molecule has 1 saturated carbocycles. The monoisotopic (exact) mass is 283 g/mol. The summed E-state index contributed by atoms with van der Waals surface area (Å²) in [6.07, 6.45) is 7.81. The summed E-state index contributed by atoms with van der Waals surface area (Å²) in [5, 5.41) is 11.1. The number of fused-ring (bicyclic) bond motifs is 1. The molecule has 1 amide bonds. The van der Waals surface area contributed by atoms with Crippen LogP contribution in [-0.2, 0) is 0 Å². The third-order valence-electron chi connectivity index (χ3n) is 4.80. The van der Waals surface area contributed by atoms with Gasteiger partial charge in [-0.15, -0.1) is 6.58 Å². The Balaban J connectivity index is 1.87. The van der Waals surface area contributed by atoms with Gasteiger partial charge in [-0.3, -0.25) is 4.79 Å². The Kier molecular flexibility index (Phi) is 3.68. The first-order chi connectivity index (χ1) is 10.1. The Morgan fingerprint density at radius 3 is 2.81 bits per heavy atom. The molecule has 1 aliphatic carbocycles. The molecule has 0 bridgehead atoms. The third-order valence-corrected chi connectivity index (χ3v) is 4.80. The number of rotatable bonds is 2. The summed E-state index contributed by atoms with van der Waals surface area (Å²) in [5.41, 5.74) is -0.208. The number of amides is 1. The Morgan fingerprint density at radius 2 is 2.10 bits per heavy atom. The van der Waals surface area contributed by atoms with E-state index in [0.29, 0.717) is 18.7 Å². The van der Waals surface area contributed by atoms with E-state index in [9.17, 15) is 9.90 Å². The first kappa shape index (κ1) is 14.1. The van der Waals surface area contributed by atoms with Crippen LogP contribution in [0.4, 0.5) is 0 Å². The molecular formula is C18H21NO2. The highest BCUT2D eigenvalue weighted by Crippen LogP contribution is 2.43. The molecule has 0 unspecified atom stereocenters. The van der Waals surface area contributed by atoms with Gasteiger partial charge >= 0.3 is 0 Å². The minimum atomic E-state index is -0.876. The lowest BCUT2D eigenvalue weighted by Gasteiger charge is -2.36. The van der Waals surface area contributed by atoms with E-state index < -0.39 is 5.60 Å². The van der Waals surface area contributed by atoms with Crippen LogP contribution in [0.1, 0.15) is 23.2 Å². The molecule has 110 valence electrons. The zero-order chi connectivity index (χ0) is 14.9. The number of carbonyl (C=O) groups excluding carboxylic acids is 1. The second kappa shape index (κ2) is 5.49. The maximum atomic E-state index is 12.6. The molecule has 0 spiro atoms. The maximum Gasteiger partial charge on any atom is 0.254 e. The first-order valence-electron chi connectivity index (χ1n) is 7.51. The maximum absolute atomic E-state index is 12.6. The quantitative estimate of drug-likeness (QED) is 0.848. The van der Waals surface area contributed by atoms with E-state index in [1.54, 1.807) is 4.90 Å². The molecule has 1 fully saturated rings. The molecule has 1 aliphatic heterocycles. The fourth-order valence-electron chi connectivity index (χ4n) is 3.59. The van der Waals surface area contributed by atoms with E-state index in [0.717, 1.165) is 12.8 Å². The predicted octanol–water partition coefficient (Wildman–Crippen LogP) is 2.64. The molecule has 0 aromatic heterocycles. The fourth-order valence-corrected chi connectivity index (χ4v) is 3.59. The second-order valence-corrected chi connectivity index (χ2v) is 6.00.